The van der Waals surface area contributed by atoms with Crippen LogP contribution in [0.25, 0.3) is 0 Å². The van der Waals surface area contributed by atoms with Gasteiger partial charge in [0.05, 0.1) is 5.60 Å². The van der Waals surface area contributed by atoms with Crippen LogP contribution in [0, 0.1) is 36.0 Å². The fourth-order valence-electron chi connectivity index (χ4n) is 2.28. The Balaban J connectivity index is 4.45. The third kappa shape index (κ3) is 7.08. The normalized spacial score (nSPS) is 18.5. The van der Waals surface area contributed by atoms with E-state index in [0.717, 1.165) is 12.3 Å². The molecule has 3 unspecified atom stereocenters. The van der Waals surface area contributed by atoms with E-state index in [4.69, 9.17) is 0 Å². The summed E-state index contributed by atoms with van der Waals surface area (Å²) in [5.74, 6) is 3.15. The lowest BCUT2D eigenvalue weighted by molar-refractivity contribution is 0.0472. The van der Waals surface area contributed by atoms with Gasteiger partial charge in [-0.15, -0.1) is 0 Å². The molecule has 0 bridgehead atoms. The number of aliphatic hydroxyl groups is 1. The lowest BCUT2D eigenvalue weighted by atomic mass is 9.75. The summed E-state index contributed by atoms with van der Waals surface area (Å²) in [4.78, 5) is 0. The van der Waals surface area contributed by atoms with Crippen molar-refractivity contribution in [2.24, 2.45) is 29.6 Å². The average Bonchev–Trinajstić information content (AvgIpc) is 2.12. The fraction of sp³-hybridized carbons (Fsp3) is 0.938. The first kappa shape index (κ1) is 17.0. The fourth-order valence-corrected chi connectivity index (χ4v) is 2.28. The molecule has 0 aliphatic carbocycles. The van der Waals surface area contributed by atoms with Crippen LogP contribution in [-0.2, 0) is 0 Å². The highest BCUT2D eigenvalue weighted by molar-refractivity contribution is 4.89. The van der Waals surface area contributed by atoms with Gasteiger partial charge in [-0.3, -0.25) is 0 Å². The van der Waals surface area contributed by atoms with Crippen LogP contribution in [0.3, 0.4) is 0 Å². The minimum atomic E-state index is -0.563. The second-order valence-electron chi connectivity index (χ2n) is 7.08. The molecule has 1 radical (unpaired) electrons. The molecule has 0 heterocycles. The highest BCUT2D eigenvalue weighted by Gasteiger charge is 2.27. The van der Waals surface area contributed by atoms with Crippen molar-refractivity contribution in [3.8, 4) is 0 Å². The molecule has 0 saturated heterocycles. The summed E-state index contributed by atoms with van der Waals surface area (Å²) in [6.07, 6.45) is 3.33. The van der Waals surface area contributed by atoms with Crippen molar-refractivity contribution in [1.29, 1.82) is 0 Å². The van der Waals surface area contributed by atoms with Crippen LogP contribution in [0.1, 0.15) is 61.8 Å². The Morgan fingerprint density at radius 2 is 1.41 bits per heavy atom. The van der Waals surface area contributed by atoms with Gasteiger partial charge < -0.3 is 5.11 Å². The third-order valence-electron chi connectivity index (χ3n) is 4.02. The third-order valence-corrected chi connectivity index (χ3v) is 4.02. The van der Waals surface area contributed by atoms with Crippen molar-refractivity contribution >= 4 is 0 Å². The lowest BCUT2D eigenvalue weighted by Crippen LogP contribution is -2.29. The molecular formula is C16H33O. The quantitative estimate of drug-likeness (QED) is 0.693. The Hall–Kier alpha value is -0.0400. The standard InChI is InChI=1S/C16H33O/c1-11(2)14(6)13(5)9-15(12(3)4)10-16(7,8)17/h9,11-15,17H,10H2,1-8H3. The molecular weight excluding hydrogens is 208 g/mol. The second-order valence-corrected chi connectivity index (χ2v) is 7.08. The average molecular weight is 241 g/mol. The predicted octanol–water partition coefficient (Wildman–Crippen LogP) is 4.55. The van der Waals surface area contributed by atoms with E-state index in [1.54, 1.807) is 0 Å². The van der Waals surface area contributed by atoms with E-state index in [2.05, 4.69) is 48.0 Å². The second kappa shape index (κ2) is 6.78. The maximum atomic E-state index is 9.98. The zero-order valence-corrected chi connectivity index (χ0v) is 13.1. The Bertz CT molecular complexity index is 200. The molecule has 0 saturated carbocycles. The lowest BCUT2D eigenvalue weighted by Gasteiger charge is -2.32. The van der Waals surface area contributed by atoms with Crippen LogP contribution in [0.4, 0.5) is 0 Å². The van der Waals surface area contributed by atoms with Crippen LogP contribution < -0.4 is 0 Å². The Labute approximate surface area is 109 Å². The highest BCUT2D eigenvalue weighted by Crippen LogP contribution is 2.32. The van der Waals surface area contributed by atoms with Gasteiger partial charge in [0.1, 0.15) is 0 Å². The largest absolute Gasteiger partial charge is 0.390 e. The molecule has 0 amide bonds. The van der Waals surface area contributed by atoms with Crippen molar-refractivity contribution in [3.63, 3.8) is 0 Å². The summed E-state index contributed by atoms with van der Waals surface area (Å²) in [6.45, 7) is 17.5. The predicted molar refractivity (Wildman–Crippen MR) is 76.7 cm³/mol. The van der Waals surface area contributed by atoms with E-state index in [0.29, 0.717) is 23.7 Å². The van der Waals surface area contributed by atoms with E-state index in [9.17, 15) is 5.11 Å². The minimum absolute atomic E-state index is 0.506. The number of hydrogen-bond donors (Lipinski definition) is 1. The van der Waals surface area contributed by atoms with E-state index in [1.807, 2.05) is 13.8 Å². The van der Waals surface area contributed by atoms with Crippen molar-refractivity contribution in [2.75, 3.05) is 0 Å². The van der Waals surface area contributed by atoms with Gasteiger partial charge >= 0.3 is 0 Å². The molecule has 0 aromatic carbocycles. The van der Waals surface area contributed by atoms with Crippen LogP contribution in [0.15, 0.2) is 0 Å². The Morgan fingerprint density at radius 3 is 1.71 bits per heavy atom. The molecule has 0 aliphatic heterocycles. The molecule has 0 aromatic rings. The summed E-state index contributed by atoms with van der Waals surface area (Å²) < 4.78 is 0. The van der Waals surface area contributed by atoms with Gasteiger partial charge in [0.25, 0.3) is 0 Å². The molecule has 3 atom stereocenters. The maximum Gasteiger partial charge on any atom is 0.0594 e. The first-order chi connectivity index (χ1) is 7.54. The molecule has 1 heteroatoms. The molecule has 1 nitrogen and oxygen atoms in total. The van der Waals surface area contributed by atoms with E-state index < -0.39 is 5.60 Å². The Kier molecular flexibility index (Phi) is 6.76. The highest BCUT2D eigenvalue weighted by atomic mass is 16.3. The zero-order valence-electron chi connectivity index (χ0n) is 13.1. The maximum absolute atomic E-state index is 9.98. The van der Waals surface area contributed by atoms with Crippen molar-refractivity contribution < 1.29 is 5.11 Å². The molecule has 17 heavy (non-hydrogen) atoms. The molecule has 103 valence electrons. The molecule has 0 aliphatic rings. The van der Waals surface area contributed by atoms with Crippen LogP contribution in [0.2, 0.25) is 0 Å². The summed E-state index contributed by atoms with van der Waals surface area (Å²) >= 11 is 0. The molecule has 0 aromatic heterocycles. The summed E-state index contributed by atoms with van der Waals surface area (Å²) in [5.41, 5.74) is -0.563. The topological polar surface area (TPSA) is 20.2 Å². The van der Waals surface area contributed by atoms with Gasteiger partial charge in [0, 0.05) is 0 Å². The first-order valence-corrected chi connectivity index (χ1v) is 7.12. The number of rotatable bonds is 7. The van der Waals surface area contributed by atoms with Gasteiger partial charge in [0.15, 0.2) is 0 Å². The van der Waals surface area contributed by atoms with Gasteiger partial charge in [-0.05, 0) is 56.3 Å². The summed E-state index contributed by atoms with van der Waals surface area (Å²) in [6, 6.07) is 0. The van der Waals surface area contributed by atoms with E-state index >= 15 is 0 Å². The van der Waals surface area contributed by atoms with Crippen LogP contribution in [-0.4, -0.2) is 10.7 Å². The Morgan fingerprint density at radius 1 is 0.941 bits per heavy atom. The first-order valence-electron chi connectivity index (χ1n) is 7.12. The zero-order chi connectivity index (χ0) is 13.8. The van der Waals surface area contributed by atoms with Crippen molar-refractivity contribution in [3.05, 3.63) is 6.42 Å². The molecule has 0 rings (SSSR count). The molecule has 0 fully saturated rings. The van der Waals surface area contributed by atoms with Crippen molar-refractivity contribution in [1.82, 2.24) is 0 Å². The van der Waals surface area contributed by atoms with E-state index in [1.165, 1.54) is 0 Å². The minimum Gasteiger partial charge on any atom is -0.390 e. The smallest absolute Gasteiger partial charge is 0.0594 e. The molecule has 1 N–H and O–H groups in total. The van der Waals surface area contributed by atoms with Crippen LogP contribution in [0.5, 0.6) is 0 Å². The SMILES string of the molecule is CC(C)C([CH]C(C)C(C)C(C)C)CC(C)(C)O. The summed E-state index contributed by atoms with van der Waals surface area (Å²) in [5, 5.41) is 9.98. The van der Waals surface area contributed by atoms with Gasteiger partial charge in [0.2, 0.25) is 0 Å². The van der Waals surface area contributed by atoms with Gasteiger partial charge in [-0.2, -0.15) is 0 Å². The van der Waals surface area contributed by atoms with Gasteiger partial charge in [-0.25, -0.2) is 0 Å². The number of hydrogen-bond acceptors (Lipinski definition) is 1. The monoisotopic (exact) mass is 241 g/mol. The van der Waals surface area contributed by atoms with Crippen LogP contribution >= 0.6 is 0 Å². The molecule has 0 spiro atoms. The van der Waals surface area contributed by atoms with Gasteiger partial charge in [-0.1, -0.05) is 41.5 Å². The van der Waals surface area contributed by atoms with Crippen molar-refractivity contribution in [2.45, 2.75) is 67.4 Å². The summed E-state index contributed by atoms with van der Waals surface area (Å²) in [7, 11) is 0. The van der Waals surface area contributed by atoms with E-state index in [-0.39, 0.29) is 0 Å².